The summed E-state index contributed by atoms with van der Waals surface area (Å²) in [6.45, 7) is 6.70. The van der Waals surface area contributed by atoms with Crippen molar-refractivity contribution < 1.29 is 0 Å². The summed E-state index contributed by atoms with van der Waals surface area (Å²) >= 11 is 8.31. The quantitative estimate of drug-likeness (QED) is 0.376. The Labute approximate surface area is 115 Å². The van der Waals surface area contributed by atoms with E-state index in [4.69, 9.17) is 0 Å². The lowest BCUT2D eigenvalue weighted by molar-refractivity contribution is 0.589. The van der Waals surface area contributed by atoms with Gasteiger partial charge < -0.3 is 0 Å². The van der Waals surface area contributed by atoms with Crippen molar-refractivity contribution in [3.8, 4) is 0 Å². The topological polar surface area (TPSA) is 0 Å². The van der Waals surface area contributed by atoms with Crippen molar-refractivity contribution in [2.45, 2.75) is 26.2 Å². The number of benzene rings is 1. The average molecular weight is 465 g/mol. The van der Waals surface area contributed by atoms with Gasteiger partial charge in [-0.25, -0.2) is 0 Å². The molecule has 0 saturated heterocycles. The lowest BCUT2D eigenvalue weighted by Gasteiger charge is -2.20. The molecular formula is C10H11BrI2. The summed E-state index contributed by atoms with van der Waals surface area (Å²) in [4.78, 5) is 0. The van der Waals surface area contributed by atoms with E-state index < -0.39 is 0 Å². The van der Waals surface area contributed by atoms with Crippen LogP contribution in [0.5, 0.6) is 0 Å². The van der Waals surface area contributed by atoms with E-state index >= 15 is 0 Å². The van der Waals surface area contributed by atoms with Crippen LogP contribution in [0, 0.1) is 7.14 Å². The molecule has 3 heteroatoms. The molecule has 0 saturated carbocycles. The third-order valence-corrected chi connectivity index (χ3v) is 6.26. The summed E-state index contributed by atoms with van der Waals surface area (Å²) < 4.78 is 3.81. The van der Waals surface area contributed by atoms with Gasteiger partial charge in [0.2, 0.25) is 0 Å². The van der Waals surface area contributed by atoms with Gasteiger partial charge in [0.15, 0.2) is 0 Å². The van der Waals surface area contributed by atoms with E-state index in [1.165, 1.54) is 17.2 Å². The van der Waals surface area contributed by atoms with Crippen LogP contribution in [0.3, 0.4) is 0 Å². The van der Waals surface area contributed by atoms with Crippen molar-refractivity contribution in [2.24, 2.45) is 0 Å². The zero-order valence-corrected chi connectivity index (χ0v) is 13.7. The van der Waals surface area contributed by atoms with Gasteiger partial charge in [-0.1, -0.05) is 20.8 Å². The molecule has 13 heavy (non-hydrogen) atoms. The highest BCUT2D eigenvalue weighted by atomic mass is 127. The minimum absolute atomic E-state index is 0.229. The Hall–Kier alpha value is 1.16. The lowest BCUT2D eigenvalue weighted by Crippen LogP contribution is -2.11. The normalized spacial score (nSPS) is 11.8. The molecule has 0 atom stereocenters. The molecule has 0 unspecified atom stereocenters. The molecule has 1 aromatic rings. The Morgan fingerprint density at radius 3 is 2.08 bits per heavy atom. The van der Waals surface area contributed by atoms with Crippen LogP contribution in [0.1, 0.15) is 26.3 Å². The minimum atomic E-state index is 0.229. The van der Waals surface area contributed by atoms with E-state index in [0.717, 1.165) is 0 Å². The molecule has 0 amide bonds. The molecule has 0 N–H and O–H groups in total. The van der Waals surface area contributed by atoms with E-state index in [1.807, 2.05) is 0 Å². The Kier molecular flexibility index (Phi) is 4.09. The second-order valence-electron chi connectivity index (χ2n) is 4.00. The van der Waals surface area contributed by atoms with Gasteiger partial charge in [-0.15, -0.1) is 0 Å². The van der Waals surface area contributed by atoms with Gasteiger partial charge in [0.05, 0.1) is 0 Å². The van der Waals surface area contributed by atoms with Crippen LogP contribution in [-0.2, 0) is 5.41 Å². The van der Waals surface area contributed by atoms with E-state index in [2.05, 4.69) is 94.0 Å². The van der Waals surface area contributed by atoms with Crippen molar-refractivity contribution in [3.63, 3.8) is 0 Å². The Morgan fingerprint density at radius 2 is 1.69 bits per heavy atom. The van der Waals surface area contributed by atoms with Crippen LogP contribution in [0.2, 0.25) is 0 Å². The second kappa shape index (κ2) is 4.35. The lowest BCUT2D eigenvalue weighted by atomic mass is 9.87. The third kappa shape index (κ3) is 3.06. The zero-order valence-electron chi connectivity index (χ0n) is 7.79. The molecule has 0 spiro atoms. The Bertz CT molecular complexity index is 303. The molecule has 0 aliphatic rings. The molecule has 0 nitrogen and oxygen atoms in total. The fraction of sp³-hybridized carbons (Fsp3) is 0.400. The van der Waals surface area contributed by atoms with Crippen LogP contribution >= 0.6 is 61.1 Å². The summed E-state index contributed by atoms with van der Waals surface area (Å²) in [5.74, 6) is 0. The summed E-state index contributed by atoms with van der Waals surface area (Å²) in [7, 11) is 0. The fourth-order valence-electron chi connectivity index (χ4n) is 0.989. The SMILES string of the molecule is CC(C)(C)c1cc(Br)c(I)c(I)c1. The predicted octanol–water partition coefficient (Wildman–Crippen LogP) is 4.96. The molecule has 0 aliphatic heterocycles. The van der Waals surface area contributed by atoms with E-state index in [1.54, 1.807) is 0 Å². The predicted molar refractivity (Wildman–Crippen MR) is 78.3 cm³/mol. The molecule has 0 aromatic heterocycles. The highest BCUT2D eigenvalue weighted by Crippen LogP contribution is 2.31. The van der Waals surface area contributed by atoms with Gasteiger partial charge in [0.1, 0.15) is 0 Å². The smallest absolute Gasteiger partial charge is 0.0406 e. The molecule has 0 bridgehead atoms. The number of hydrogen-bond acceptors (Lipinski definition) is 0. The molecule has 1 aromatic carbocycles. The summed E-state index contributed by atoms with van der Waals surface area (Å²) in [5.41, 5.74) is 1.61. The average Bonchev–Trinajstić information content (AvgIpc) is 1.97. The molecular weight excluding hydrogens is 454 g/mol. The third-order valence-electron chi connectivity index (χ3n) is 1.85. The number of rotatable bonds is 0. The first-order chi connectivity index (χ1) is 5.82. The second-order valence-corrected chi connectivity index (χ2v) is 7.10. The Balaban J connectivity index is 3.29. The fourth-order valence-corrected chi connectivity index (χ4v) is 2.76. The van der Waals surface area contributed by atoms with Crippen LogP contribution in [-0.4, -0.2) is 0 Å². The molecule has 72 valence electrons. The van der Waals surface area contributed by atoms with Gasteiger partial charge in [-0.3, -0.25) is 0 Å². The summed E-state index contributed by atoms with van der Waals surface area (Å²) in [5, 5.41) is 0. The van der Waals surface area contributed by atoms with E-state index in [-0.39, 0.29) is 5.41 Å². The maximum absolute atomic E-state index is 3.58. The van der Waals surface area contributed by atoms with Crippen LogP contribution < -0.4 is 0 Å². The molecule has 0 aliphatic carbocycles. The monoisotopic (exact) mass is 464 g/mol. The number of hydrogen-bond donors (Lipinski definition) is 0. The van der Waals surface area contributed by atoms with Crippen molar-refractivity contribution in [2.75, 3.05) is 0 Å². The van der Waals surface area contributed by atoms with Crippen LogP contribution in [0.25, 0.3) is 0 Å². The first-order valence-electron chi connectivity index (χ1n) is 3.97. The van der Waals surface area contributed by atoms with Gasteiger partial charge in [-0.05, 0) is 84.2 Å². The van der Waals surface area contributed by atoms with Crippen molar-refractivity contribution >= 4 is 61.1 Å². The molecule has 1 rings (SSSR count). The largest absolute Gasteiger partial charge is 0.0561 e. The first-order valence-corrected chi connectivity index (χ1v) is 6.92. The van der Waals surface area contributed by atoms with Gasteiger partial charge in [0.25, 0.3) is 0 Å². The Morgan fingerprint density at radius 1 is 1.15 bits per heavy atom. The van der Waals surface area contributed by atoms with Crippen LogP contribution in [0.15, 0.2) is 16.6 Å². The molecule has 0 fully saturated rings. The maximum Gasteiger partial charge on any atom is 0.0406 e. The van der Waals surface area contributed by atoms with Gasteiger partial charge in [-0.2, -0.15) is 0 Å². The van der Waals surface area contributed by atoms with Gasteiger partial charge in [0, 0.05) is 11.6 Å². The van der Waals surface area contributed by atoms with E-state index in [9.17, 15) is 0 Å². The minimum Gasteiger partial charge on any atom is -0.0561 e. The molecule has 0 heterocycles. The van der Waals surface area contributed by atoms with Crippen molar-refractivity contribution in [1.82, 2.24) is 0 Å². The van der Waals surface area contributed by atoms with Crippen molar-refractivity contribution in [3.05, 3.63) is 29.3 Å². The maximum atomic E-state index is 3.58. The standard InChI is InChI=1S/C10H11BrI2/c1-10(2,3)6-4-7(11)9(13)8(12)5-6/h4-5H,1-3H3. The zero-order chi connectivity index (χ0) is 10.2. The number of halogens is 3. The highest BCUT2D eigenvalue weighted by Gasteiger charge is 2.16. The van der Waals surface area contributed by atoms with Crippen molar-refractivity contribution in [1.29, 1.82) is 0 Å². The van der Waals surface area contributed by atoms with E-state index in [0.29, 0.717) is 0 Å². The van der Waals surface area contributed by atoms with Gasteiger partial charge >= 0.3 is 0 Å². The van der Waals surface area contributed by atoms with Crippen LogP contribution in [0.4, 0.5) is 0 Å². The highest BCUT2D eigenvalue weighted by molar-refractivity contribution is 14.1. The first kappa shape index (κ1) is 12.2. The summed E-state index contributed by atoms with van der Waals surface area (Å²) in [6.07, 6.45) is 0. The molecule has 0 radical (unpaired) electrons. The summed E-state index contributed by atoms with van der Waals surface area (Å²) in [6, 6.07) is 4.47.